The molecule has 0 saturated carbocycles. The molecule has 3 aromatic carbocycles. The van der Waals surface area contributed by atoms with Crippen LogP contribution in [0.25, 0.3) is 22.8 Å². The lowest BCUT2D eigenvalue weighted by molar-refractivity contribution is 0.102. The van der Waals surface area contributed by atoms with Crippen LogP contribution in [0.1, 0.15) is 15.9 Å². The van der Waals surface area contributed by atoms with E-state index in [0.29, 0.717) is 22.8 Å². The summed E-state index contributed by atoms with van der Waals surface area (Å²) < 4.78 is 6.91. The summed E-state index contributed by atoms with van der Waals surface area (Å²) in [5.41, 5.74) is 3.94. The molecule has 4 rings (SSSR count). The summed E-state index contributed by atoms with van der Waals surface area (Å²) in [5.74, 6) is 0.844. The fraction of sp³-hybridized carbons (Fsp3) is 0.0435. The number of anilines is 1. The van der Waals surface area contributed by atoms with Crippen LogP contribution in [0.3, 0.4) is 0 Å². The van der Waals surface area contributed by atoms with Crippen molar-refractivity contribution in [2.24, 2.45) is 0 Å². The minimum atomic E-state index is -0.207. The van der Waals surface area contributed by atoms with Crippen LogP contribution < -0.4 is 5.32 Å². The second-order valence-corrected chi connectivity index (χ2v) is 7.32. The third kappa shape index (κ3) is 3.89. The summed E-state index contributed by atoms with van der Waals surface area (Å²) in [6.07, 6.45) is 1.67. The molecule has 28 heavy (non-hydrogen) atoms. The summed E-state index contributed by atoms with van der Waals surface area (Å²) >= 11 is 3.46. The van der Waals surface area contributed by atoms with E-state index >= 15 is 0 Å². The number of aromatic nitrogens is 1. The van der Waals surface area contributed by atoms with Gasteiger partial charge in [-0.25, -0.2) is 4.98 Å². The van der Waals surface area contributed by atoms with E-state index in [2.05, 4.69) is 26.2 Å². The maximum absolute atomic E-state index is 12.8. The number of nitrogens with one attached hydrogen (secondary N) is 1. The molecule has 0 unspecified atom stereocenters. The number of hydrogen-bond donors (Lipinski definition) is 1. The first-order valence-electron chi connectivity index (χ1n) is 8.79. The highest BCUT2D eigenvalue weighted by molar-refractivity contribution is 9.10. The fourth-order valence-electron chi connectivity index (χ4n) is 2.88. The lowest BCUT2D eigenvalue weighted by Gasteiger charge is -2.08. The van der Waals surface area contributed by atoms with Crippen LogP contribution in [0.2, 0.25) is 0 Å². The van der Waals surface area contributed by atoms with Gasteiger partial charge in [0.1, 0.15) is 0 Å². The second kappa shape index (κ2) is 7.82. The molecule has 0 radical (unpaired) electrons. The van der Waals surface area contributed by atoms with Crippen molar-refractivity contribution in [3.8, 4) is 22.8 Å². The topological polar surface area (TPSA) is 55.1 Å². The first-order chi connectivity index (χ1) is 13.6. The van der Waals surface area contributed by atoms with Crippen molar-refractivity contribution in [3.05, 3.63) is 94.6 Å². The number of carbonyl (C=O) groups excluding carboxylic acids is 1. The molecule has 0 spiro atoms. The van der Waals surface area contributed by atoms with Gasteiger partial charge in [0, 0.05) is 21.3 Å². The van der Waals surface area contributed by atoms with Gasteiger partial charge in [0.2, 0.25) is 5.89 Å². The zero-order valence-corrected chi connectivity index (χ0v) is 16.7. The molecule has 0 saturated heterocycles. The number of oxazole rings is 1. The minimum absolute atomic E-state index is 0.207. The Morgan fingerprint density at radius 1 is 1.00 bits per heavy atom. The number of carbonyl (C=O) groups is 1. The number of amides is 1. The van der Waals surface area contributed by atoms with Crippen molar-refractivity contribution in [3.63, 3.8) is 0 Å². The molecule has 4 nitrogen and oxygen atoms in total. The Morgan fingerprint density at radius 2 is 1.79 bits per heavy atom. The van der Waals surface area contributed by atoms with E-state index in [9.17, 15) is 4.79 Å². The number of rotatable bonds is 4. The van der Waals surface area contributed by atoms with Gasteiger partial charge in [0.05, 0.1) is 11.8 Å². The van der Waals surface area contributed by atoms with Gasteiger partial charge in [-0.05, 0) is 43.3 Å². The van der Waals surface area contributed by atoms with E-state index in [1.54, 1.807) is 12.3 Å². The number of halogens is 1. The molecule has 5 heteroatoms. The summed E-state index contributed by atoms with van der Waals surface area (Å²) in [6, 6.07) is 22.8. The van der Waals surface area contributed by atoms with Gasteiger partial charge in [-0.3, -0.25) is 4.79 Å². The summed E-state index contributed by atoms with van der Waals surface area (Å²) in [6.45, 7) is 2.01. The Hall–Kier alpha value is -3.18. The van der Waals surface area contributed by atoms with E-state index in [4.69, 9.17) is 4.42 Å². The van der Waals surface area contributed by atoms with Gasteiger partial charge in [-0.2, -0.15) is 0 Å². The molecule has 1 heterocycles. The Morgan fingerprint density at radius 3 is 2.57 bits per heavy atom. The quantitative estimate of drug-likeness (QED) is 0.409. The third-order valence-corrected chi connectivity index (χ3v) is 4.82. The van der Waals surface area contributed by atoms with E-state index in [0.717, 1.165) is 21.3 Å². The highest BCUT2D eigenvalue weighted by Gasteiger charge is 2.17. The van der Waals surface area contributed by atoms with Crippen molar-refractivity contribution < 1.29 is 9.21 Å². The molecule has 1 amide bonds. The van der Waals surface area contributed by atoms with Gasteiger partial charge in [-0.1, -0.05) is 57.9 Å². The fourth-order valence-corrected chi connectivity index (χ4v) is 3.28. The van der Waals surface area contributed by atoms with Crippen LogP contribution in [0.5, 0.6) is 0 Å². The van der Waals surface area contributed by atoms with Crippen LogP contribution in [0.4, 0.5) is 5.69 Å². The molecule has 0 atom stereocenters. The molecule has 0 aliphatic carbocycles. The van der Waals surface area contributed by atoms with Gasteiger partial charge >= 0.3 is 0 Å². The number of aryl methyl sites for hydroxylation is 1. The molecule has 0 aliphatic heterocycles. The number of nitrogens with zero attached hydrogens (tertiary/aromatic N) is 1. The average molecular weight is 433 g/mol. The maximum Gasteiger partial charge on any atom is 0.256 e. The smallest absolute Gasteiger partial charge is 0.256 e. The molecule has 0 bridgehead atoms. The zero-order valence-electron chi connectivity index (χ0n) is 15.1. The van der Waals surface area contributed by atoms with E-state index in [1.165, 1.54) is 0 Å². The first-order valence-corrected chi connectivity index (χ1v) is 9.58. The van der Waals surface area contributed by atoms with Gasteiger partial charge in [-0.15, -0.1) is 0 Å². The standard InChI is InChI=1S/C23H17BrN2O2/c1-15-9-11-18(12-10-15)26-22(27)19-7-2-3-8-20(19)23-25-14-21(28-23)16-5-4-6-17(24)13-16/h2-14H,1H3,(H,26,27). The van der Waals surface area contributed by atoms with Gasteiger partial charge in [0.15, 0.2) is 5.76 Å². The average Bonchev–Trinajstić information content (AvgIpc) is 3.20. The van der Waals surface area contributed by atoms with E-state index < -0.39 is 0 Å². The van der Waals surface area contributed by atoms with Crippen molar-refractivity contribution >= 4 is 27.5 Å². The van der Waals surface area contributed by atoms with Crippen molar-refractivity contribution in [1.29, 1.82) is 0 Å². The molecule has 1 N–H and O–H groups in total. The summed E-state index contributed by atoms with van der Waals surface area (Å²) in [4.78, 5) is 17.2. The Labute approximate surface area is 171 Å². The predicted octanol–water partition coefficient (Wildman–Crippen LogP) is 6.33. The molecule has 4 aromatic rings. The largest absolute Gasteiger partial charge is 0.436 e. The Balaban J connectivity index is 1.65. The van der Waals surface area contributed by atoms with Crippen LogP contribution in [0, 0.1) is 6.92 Å². The van der Waals surface area contributed by atoms with Crippen LogP contribution in [0.15, 0.2) is 87.9 Å². The van der Waals surface area contributed by atoms with Crippen molar-refractivity contribution in [2.75, 3.05) is 5.32 Å². The molecule has 1 aromatic heterocycles. The van der Waals surface area contributed by atoms with Crippen LogP contribution >= 0.6 is 15.9 Å². The number of hydrogen-bond acceptors (Lipinski definition) is 3. The monoisotopic (exact) mass is 432 g/mol. The predicted molar refractivity (Wildman–Crippen MR) is 114 cm³/mol. The van der Waals surface area contributed by atoms with Crippen LogP contribution in [-0.2, 0) is 0 Å². The normalized spacial score (nSPS) is 10.6. The SMILES string of the molecule is Cc1ccc(NC(=O)c2ccccc2-c2ncc(-c3cccc(Br)c3)o2)cc1. The Bertz CT molecular complexity index is 1130. The van der Waals surface area contributed by atoms with Crippen LogP contribution in [-0.4, -0.2) is 10.9 Å². The zero-order chi connectivity index (χ0) is 19.5. The first kappa shape index (κ1) is 18.2. The minimum Gasteiger partial charge on any atom is -0.436 e. The lowest BCUT2D eigenvalue weighted by atomic mass is 10.1. The van der Waals surface area contributed by atoms with Crippen molar-refractivity contribution in [2.45, 2.75) is 6.92 Å². The van der Waals surface area contributed by atoms with Gasteiger partial charge < -0.3 is 9.73 Å². The van der Waals surface area contributed by atoms with E-state index in [1.807, 2.05) is 73.7 Å². The molecule has 0 fully saturated rings. The maximum atomic E-state index is 12.8. The lowest BCUT2D eigenvalue weighted by Crippen LogP contribution is -2.13. The highest BCUT2D eigenvalue weighted by Crippen LogP contribution is 2.29. The molecular weight excluding hydrogens is 416 g/mol. The second-order valence-electron chi connectivity index (χ2n) is 6.41. The van der Waals surface area contributed by atoms with E-state index in [-0.39, 0.29) is 5.91 Å². The number of benzene rings is 3. The summed E-state index contributed by atoms with van der Waals surface area (Å²) in [7, 11) is 0. The molecular formula is C23H17BrN2O2. The Kier molecular flexibility index (Phi) is 5.08. The molecule has 138 valence electrons. The van der Waals surface area contributed by atoms with Crippen molar-refractivity contribution in [1.82, 2.24) is 4.98 Å². The summed E-state index contributed by atoms with van der Waals surface area (Å²) in [5, 5.41) is 2.93. The van der Waals surface area contributed by atoms with Gasteiger partial charge in [0.25, 0.3) is 5.91 Å². The highest BCUT2D eigenvalue weighted by atomic mass is 79.9. The third-order valence-electron chi connectivity index (χ3n) is 4.33. The molecule has 0 aliphatic rings.